The minimum Gasteiger partial charge on any atom is -0.394 e. The number of rotatable bonds is 7. The molecule has 0 amide bonds. The van der Waals surface area contributed by atoms with Crippen molar-refractivity contribution in [1.29, 1.82) is 0 Å². The number of aliphatic hydroxyl groups is 3. The Balaban J connectivity index is 3.10. The predicted molar refractivity (Wildman–Crippen MR) is 75.4 cm³/mol. The maximum Gasteiger partial charge on any atom is 0.175 e. The second-order valence-corrected chi connectivity index (χ2v) is 6.99. The molecule has 0 spiro atoms. The van der Waals surface area contributed by atoms with Crippen LogP contribution in [0.4, 0.5) is 0 Å². The quantitative estimate of drug-likeness (QED) is 0.541. The molecule has 0 fully saturated rings. The Kier molecular flexibility index (Phi) is 5.93. The lowest BCUT2D eigenvalue weighted by Gasteiger charge is -2.29. The minimum atomic E-state index is -3.46. The van der Waals surface area contributed by atoms with Crippen LogP contribution < -0.4 is 5.32 Å². The maximum absolute atomic E-state index is 11.7. The second-order valence-electron chi connectivity index (χ2n) is 4.60. The molecule has 4 N–H and O–H groups in total. The van der Waals surface area contributed by atoms with Crippen LogP contribution in [0.1, 0.15) is 5.56 Å². The van der Waals surface area contributed by atoms with Crippen molar-refractivity contribution in [3.05, 3.63) is 28.8 Å². The zero-order valence-corrected chi connectivity index (χ0v) is 12.6. The molecular formula is C12H18ClNO5S. The van der Waals surface area contributed by atoms with Crippen molar-refractivity contribution in [2.24, 2.45) is 0 Å². The predicted octanol–water partition coefficient (Wildman–Crippen LogP) is -0.451. The summed E-state index contributed by atoms with van der Waals surface area (Å²) in [5, 5.41) is 30.7. The van der Waals surface area contributed by atoms with Crippen LogP contribution >= 0.6 is 11.6 Å². The third-order valence-electron chi connectivity index (χ3n) is 3.02. The molecule has 1 aromatic carbocycles. The number of aliphatic hydroxyl groups excluding tert-OH is 3. The molecule has 0 atom stereocenters. The molecule has 20 heavy (non-hydrogen) atoms. The topological polar surface area (TPSA) is 107 Å². The van der Waals surface area contributed by atoms with Gasteiger partial charge in [0.2, 0.25) is 0 Å². The molecule has 0 unspecified atom stereocenters. The fourth-order valence-electron chi connectivity index (χ4n) is 1.65. The molecule has 6 nitrogen and oxygen atoms in total. The molecular weight excluding hydrogens is 306 g/mol. The van der Waals surface area contributed by atoms with E-state index >= 15 is 0 Å². The Labute approximate surface area is 122 Å². The molecule has 1 rings (SSSR count). The Morgan fingerprint density at radius 1 is 1.20 bits per heavy atom. The summed E-state index contributed by atoms with van der Waals surface area (Å²) in [6.07, 6.45) is 1.07. The normalized spacial score (nSPS) is 12.7. The van der Waals surface area contributed by atoms with E-state index in [4.69, 9.17) is 11.6 Å². The highest BCUT2D eigenvalue weighted by Gasteiger charge is 2.28. The van der Waals surface area contributed by atoms with Crippen LogP contribution in [0.5, 0.6) is 0 Å². The molecule has 0 aliphatic rings. The number of hydrogen-bond acceptors (Lipinski definition) is 6. The van der Waals surface area contributed by atoms with Crippen LogP contribution in [0.3, 0.4) is 0 Å². The fourth-order valence-corrected chi connectivity index (χ4v) is 2.90. The van der Waals surface area contributed by atoms with Crippen LogP contribution in [0.25, 0.3) is 0 Å². The molecule has 0 bridgehead atoms. The van der Waals surface area contributed by atoms with Gasteiger partial charge in [-0.2, -0.15) is 0 Å². The van der Waals surface area contributed by atoms with Crippen molar-refractivity contribution in [2.45, 2.75) is 17.0 Å². The number of sulfone groups is 1. The third kappa shape index (κ3) is 3.91. The number of nitrogens with one attached hydrogen (secondary N) is 1. The second kappa shape index (κ2) is 6.84. The third-order valence-corrected chi connectivity index (χ3v) is 4.56. The summed E-state index contributed by atoms with van der Waals surface area (Å²) in [6.45, 7) is -1.51. The van der Waals surface area contributed by atoms with E-state index in [2.05, 4.69) is 5.32 Å². The summed E-state index contributed by atoms with van der Waals surface area (Å²) in [7, 11) is -3.46. The molecule has 8 heteroatoms. The lowest BCUT2D eigenvalue weighted by molar-refractivity contribution is 0.0412. The zero-order chi connectivity index (χ0) is 15.4. The van der Waals surface area contributed by atoms with Crippen LogP contribution in [0.2, 0.25) is 5.02 Å². The lowest BCUT2D eigenvalue weighted by Crippen LogP contribution is -2.54. The van der Waals surface area contributed by atoms with Crippen molar-refractivity contribution in [3.8, 4) is 0 Å². The van der Waals surface area contributed by atoms with Crippen LogP contribution in [-0.2, 0) is 16.4 Å². The Morgan fingerprint density at radius 2 is 1.75 bits per heavy atom. The average Bonchev–Trinajstić information content (AvgIpc) is 2.41. The first-order valence-electron chi connectivity index (χ1n) is 5.85. The van der Waals surface area contributed by atoms with E-state index in [0.29, 0.717) is 5.56 Å². The van der Waals surface area contributed by atoms with Crippen molar-refractivity contribution >= 4 is 21.4 Å². The Hall–Kier alpha value is -0.700. The zero-order valence-electron chi connectivity index (χ0n) is 11.0. The first-order chi connectivity index (χ1) is 9.29. The highest BCUT2D eigenvalue weighted by atomic mass is 35.5. The van der Waals surface area contributed by atoms with E-state index in [1.807, 2.05) is 0 Å². The first kappa shape index (κ1) is 17.4. The molecule has 1 aromatic rings. The van der Waals surface area contributed by atoms with Gasteiger partial charge in [0.25, 0.3) is 0 Å². The molecule has 0 heterocycles. The minimum absolute atomic E-state index is 0.0102. The van der Waals surface area contributed by atoms with Gasteiger partial charge in [0.15, 0.2) is 9.84 Å². The van der Waals surface area contributed by atoms with Gasteiger partial charge in [0, 0.05) is 23.4 Å². The highest BCUT2D eigenvalue weighted by molar-refractivity contribution is 7.90. The van der Waals surface area contributed by atoms with Gasteiger partial charge in [-0.05, 0) is 12.1 Å². The monoisotopic (exact) mass is 323 g/mol. The number of hydrogen-bond donors (Lipinski definition) is 4. The molecule has 0 saturated carbocycles. The largest absolute Gasteiger partial charge is 0.394 e. The van der Waals surface area contributed by atoms with E-state index in [1.54, 1.807) is 6.07 Å². The molecule has 0 radical (unpaired) electrons. The van der Waals surface area contributed by atoms with Crippen molar-refractivity contribution in [2.75, 3.05) is 26.1 Å². The van der Waals surface area contributed by atoms with Crippen molar-refractivity contribution < 1.29 is 23.7 Å². The van der Waals surface area contributed by atoms with E-state index < -0.39 is 35.2 Å². The summed E-state index contributed by atoms with van der Waals surface area (Å²) in [4.78, 5) is 0.0696. The summed E-state index contributed by atoms with van der Waals surface area (Å²) >= 11 is 6.00. The lowest BCUT2D eigenvalue weighted by atomic mass is 10.0. The van der Waals surface area contributed by atoms with Gasteiger partial charge in [-0.1, -0.05) is 17.7 Å². The number of halogens is 1. The smallest absolute Gasteiger partial charge is 0.175 e. The van der Waals surface area contributed by atoms with Gasteiger partial charge >= 0.3 is 0 Å². The van der Waals surface area contributed by atoms with Crippen molar-refractivity contribution in [1.82, 2.24) is 5.32 Å². The first-order valence-corrected chi connectivity index (χ1v) is 8.11. The van der Waals surface area contributed by atoms with Gasteiger partial charge in [-0.25, -0.2) is 8.42 Å². The average molecular weight is 324 g/mol. The van der Waals surface area contributed by atoms with Gasteiger partial charge in [0.1, 0.15) is 0 Å². The Bertz CT molecular complexity index is 549. The highest BCUT2D eigenvalue weighted by Crippen LogP contribution is 2.24. The van der Waals surface area contributed by atoms with E-state index in [0.717, 1.165) is 6.26 Å². The van der Waals surface area contributed by atoms with Crippen molar-refractivity contribution in [3.63, 3.8) is 0 Å². The summed E-state index contributed by atoms with van der Waals surface area (Å²) < 4.78 is 23.4. The molecule has 114 valence electrons. The fraction of sp³-hybridized carbons (Fsp3) is 0.500. The van der Waals surface area contributed by atoms with E-state index in [9.17, 15) is 23.7 Å². The summed E-state index contributed by atoms with van der Waals surface area (Å²) in [6, 6.07) is 4.50. The molecule has 0 aromatic heterocycles. The van der Waals surface area contributed by atoms with Crippen LogP contribution in [0.15, 0.2) is 23.1 Å². The summed E-state index contributed by atoms with van der Waals surface area (Å²) in [5.41, 5.74) is -0.968. The van der Waals surface area contributed by atoms with E-state index in [-0.39, 0.29) is 16.5 Å². The van der Waals surface area contributed by atoms with Gasteiger partial charge in [0.05, 0.1) is 30.3 Å². The van der Waals surface area contributed by atoms with Crippen LogP contribution in [0, 0.1) is 0 Å². The summed E-state index contributed by atoms with van der Waals surface area (Å²) in [5.74, 6) is 0. The maximum atomic E-state index is 11.7. The Morgan fingerprint density at radius 3 is 2.20 bits per heavy atom. The molecule has 0 saturated heterocycles. The van der Waals surface area contributed by atoms with E-state index in [1.165, 1.54) is 12.1 Å². The van der Waals surface area contributed by atoms with Crippen LogP contribution in [-0.4, -0.2) is 55.4 Å². The van der Waals surface area contributed by atoms with Gasteiger partial charge in [-0.3, -0.25) is 0 Å². The molecule has 0 aliphatic carbocycles. The SMILES string of the molecule is CS(=O)(=O)c1cccc(Cl)c1CNC(CO)(CO)CO. The standard InChI is InChI=1S/C12H18ClNO5S/c1-20(18,19)11-4-2-3-10(13)9(11)5-14-12(6-15,7-16)8-17/h2-4,14-17H,5-8H2,1H3. The van der Waals surface area contributed by atoms with Gasteiger partial charge < -0.3 is 20.6 Å². The van der Waals surface area contributed by atoms with Gasteiger partial charge in [-0.15, -0.1) is 0 Å². The number of benzene rings is 1. The molecule has 0 aliphatic heterocycles.